The Labute approximate surface area is 154 Å². The molecule has 0 bridgehead atoms. The number of nitrogens with one attached hydrogen (secondary N) is 1. The van der Waals surface area contributed by atoms with Gasteiger partial charge in [-0.2, -0.15) is 0 Å². The van der Waals surface area contributed by atoms with Gasteiger partial charge in [-0.15, -0.1) is 5.10 Å². The number of nitrogens with zero attached hydrogens (tertiary/aromatic N) is 2. The molecule has 0 aliphatic rings. The molecule has 5 nitrogen and oxygen atoms in total. The Morgan fingerprint density at radius 2 is 1.80 bits per heavy atom. The molecule has 2 aromatic carbocycles. The second kappa shape index (κ2) is 7.98. The fourth-order valence-electron chi connectivity index (χ4n) is 2.28. The molecule has 0 aliphatic heterocycles. The van der Waals surface area contributed by atoms with E-state index in [1.807, 2.05) is 60.7 Å². The summed E-state index contributed by atoms with van der Waals surface area (Å²) in [5.74, 6) is 0.191. The lowest BCUT2D eigenvalue weighted by molar-refractivity contribution is -0.127. The number of hydrogen-bond donors (Lipinski definition) is 1. The van der Waals surface area contributed by atoms with Gasteiger partial charge in [-0.05, 0) is 40.5 Å². The predicted octanol–water partition coefficient (Wildman–Crippen LogP) is 3.72. The third-order valence-corrected chi connectivity index (χ3v) is 4.17. The van der Waals surface area contributed by atoms with Gasteiger partial charge in [-0.25, -0.2) is 4.68 Å². The number of para-hydroxylation sites is 1. The number of rotatable bonds is 6. The van der Waals surface area contributed by atoms with Gasteiger partial charge in [0.25, 0.3) is 5.91 Å². The van der Waals surface area contributed by atoms with Crippen LogP contribution in [0.1, 0.15) is 12.5 Å². The molecule has 6 heteroatoms. The maximum atomic E-state index is 12.2. The summed E-state index contributed by atoms with van der Waals surface area (Å²) in [4.78, 5) is 12.2. The van der Waals surface area contributed by atoms with Crippen molar-refractivity contribution < 1.29 is 9.53 Å². The highest BCUT2D eigenvalue weighted by molar-refractivity contribution is 9.10. The third-order valence-electron chi connectivity index (χ3n) is 3.63. The maximum Gasteiger partial charge on any atom is 0.261 e. The number of benzene rings is 2. The first-order chi connectivity index (χ1) is 12.1. The van der Waals surface area contributed by atoms with Gasteiger partial charge in [0.1, 0.15) is 0 Å². The van der Waals surface area contributed by atoms with Gasteiger partial charge >= 0.3 is 0 Å². The van der Waals surface area contributed by atoms with Crippen LogP contribution < -0.4 is 10.1 Å². The summed E-state index contributed by atoms with van der Waals surface area (Å²) in [5, 5.41) is 7.25. The molecule has 0 saturated carbocycles. The number of halogens is 1. The minimum Gasteiger partial charge on any atom is -0.463 e. The Bertz CT molecular complexity index is 834. The van der Waals surface area contributed by atoms with E-state index in [0.717, 1.165) is 11.3 Å². The Hall–Kier alpha value is -2.60. The number of amides is 1. The van der Waals surface area contributed by atoms with E-state index in [-0.39, 0.29) is 5.91 Å². The average Bonchev–Trinajstić information content (AvgIpc) is 3.02. The second-order valence-electron chi connectivity index (χ2n) is 5.53. The molecule has 3 aromatic rings. The van der Waals surface area contributed by atoms with Crippen LogP contribution in [0.3, 0.4) is 0 Å². The van der Waals surface area contributed by atoms with Crippen molar-refractivity contribution in [3.8, 4) is 11.6 Å². The molecule has 0 aliphatic carbocycles. The second-order valence-corrected chi connectivity index (χ2v) is 6.38. The SMILES string of the molecule is CC(Oc1nn(-c2ccccc2)cc1Br)C(=O)NCc1ccccc1. The minimum absolute atomic E-state index is 0.190. The largest absolute Gasteiger partial charge is 0.463 e. The van der Waals surface area contributed by atoms with Gasteiger partial charge in [-0.3, -0.25) is 4.79 Å². The highest BCUT2D eigenvalue weighted by atomic mass is 79.9. The highest BCUT2D eigenvalue weighted by Gasteiger charge is 2.18. The smallest absolute Gasteiger partial charge is 0.261 e. The summed E-state index contributed by atoms with van der Waals surface area (Å²) in [6.45, 7) is 2.17. The Balaban J connectivity index is 1.61. The molecule has 0 radical (unpaired) electrons. The molecule has 1 aromatic heterocycles. The average molecular weight is 400 g/mol. The van der Waals surface area contributed by atoms with E-state index >= 15 is 0 Å². The summed E-state index contributed by atoms with van der Waals surface area (Å²) in [5.41, 5.74) is 1.96. The monoisotopic (exact) mass is 399 g/mol. The fraction of sp³-hybridized carbons (Fsp3) is 0.158. The van der Waals surface area contributed by atoms with Crippen molar-refractivity contribution in [3.05, 3.63) is 76.9 Å². The molecule has 0 fully saturated rings. The normalized spacial score (nSPS) is 11.8. The zero-order valence-corrected chi connectivity index (χ0v) is 15.3. The van der Waals surface area contributed by atoms with Gasteiger partial charge in [0, 0.05) is 12.7 Å². The van der Waals surface area contributed by atoms with E-state index in [1.165, 1.54) is 0 Å². The lowest BCUT2D eigenvalue weighted by Gasteiger charge is -2.13. The van der Waals surface area contributed by atoms with Crippen LogP contribution in [0.2, 0.25) is 0 Å². The van der Waals surface area contributed by atoms with E-state index in [2.05, 4.69) is 26.3 Å². The van der Waals surface area contributed by atoms with Crippen molar-refractivity contribution in [3.63, 3.8) is 0 Å². The van der Waals surface area contributed by atoms with Crippen molar-refractivity contribution in [2.24, 2.45) is 0 Å². The maximum absolute atomic E-state index is 12.2. The Morgan fingerprint density at radius 3 is 2.48 bits per heavy atom. The van der Waals surface area contributed by atoms with Crippen molar-refractivity contribution in [1.82, 2.24) is 15.1 Å². The van der Waals surface area contributed by atoms with Gasteiger partial charge in [-0.1, -0.05) is 48.5 Å². The predicted molar refractivity (Wildman–Crippen MR) is 99.6 cm³/mol. The topological polar surface area (TPSA) is 56.2 Å². The first-order valence-corrected chi connectivity index (χ1v) is 8.71. The van der Waals surface area contributed by atoms with Crippen LogP contribution in [0.5, 0.6) is 5.88 Å². The van der Waals surface area contributed by atoms with Crippen LogP contribution in [0.25, 0.3) is 5.69 Å². The summed E-state index contributed by atoms with van der Waals surface area (Å²) < 4.78 is 8.10. The Morgan fingerprint density at radius 1 is 1.16 bits per heavy atom. The van der Waals surface area contributed by atoms with E-state index in [1.54, 1.807) is 17.8 Å². The molecule has 0 saturated heterocycles. The number of aromatic nitrogens is 2. The molecule has 3 rings (SSSR count). The van der Waals surface area contributed by atoms with E-state index in [9.17, 15) is 4.79 Å². The summed E-state index contributed by atoms with van der Waals surface area (Å²) in [7, 11) is 0. The molecule has 0 spiro atoms. The van der Waals surface area contributed by atoms with Crippen molar-refractivity contribution >= 4 is 21.8 Å². The van der Waals surface area contributed by atoms with Crippen LogP contribution in [0.15, 0.2) is 71.3 Å². The number of hydrogen-bond acceptors (Lipinski definition) is 3. The standard InChI is InChI=1S/C19H18BrN3O2/c1-14(18(24)21-12-15-8-4-2-5-9-15)25-19-17(20)13-23(22-19)16-10-6-3-7-11-16/h2-11,13-14H,12H2,1H3,(H,21,24). The lowest BCUT2D eigenvalue weighted by Crippen LogP contribution is -2.36. The van der Waals surface area contributed by atoms with E-state index < -0.39 is 6.10 Å². The molecule has 1 atom stereocenters. The van der Waals surface area contributed by atoms with Crippen LogP contribution >= 0.6 is 15.9 Å². The fourth-order valence-corrected chi connectivity index (χ4v) is 2.65. The first-order valence-electron chi connectivity index (χ1n) is 7.92. The van der Waals surface area contributed by atoms with E-state index in [4.69, 9.17) is 4.74 Å². The zero-order chi connectivity index (χ0) is 17.6. The molecule has 1 N–H and O–H groups in total. The van der Waals surface area contributed by atoms with Crippen LogP contribution in [-0.2, 0) is 11.3 Å². The van der Waals surface area contributed by atoms with Crippen LogP contribution in [0.4, 0.5) is 0 Å². The molecule has 1 unspecified atom stereocenters. The number of carbonyl (C=O) groups is 1. The summed E-state index contributed by atoms with van der Waals surface area (Å²) >= 11 is 3.43. The number of ether oxygens (including phenoxy) is 1. The third kappa shape index (κ3) is 4.48. The van der Waals surface area contributed by atoms with Gasteiger partial charge in [0.15, 0.2) is 6.10 Å². The Kier molecular flexibility index (Phi) is 5.50. The van der Waals surface area contributed by atoms with Crippen molar-refractivity contribution in [1.29, 1.82) is 0 Å². The number of carbonyl (C=O) groups excluding carboxylic acids is 1. The molecule has 25 heavy (non-hydrogen) atoms. The van der Waals surface area contributed by atoms with Gasteiger partial charge in [0.2, 0.25) is 5.88 Å². The van der Waals surface area contributed by atoms with Crippen LogP contribution in [-0.4, -0.2) is 21.8 Å². The van der Waals surface area contributed by atoms with Crippen molar-refractivity contribution in [2.45, 2.75) is 19.6 Å². The molecule has 128 valence electrons. The van der Waals surface area contributed by atoms with Crippen molar-refractivity contribution in [2.75, 3.05) is 0 Å². The molecule has 1 heterocycles. The minimum atomic E-state index is -0.654. The molecular formula is C19H18BrN3O2. The quantitative estimate of drug-likeness (QED) is 0.686. The lowest BCUT2D eigenvalue weighted by atomic mass is 10.2. The highest BCUT2D eigenvalue weighted by Crippen LogP contribution is 2.25. The van der Waals surface area contributed by atoms with E-state index in [0.29, 0.717) is 16.9 Å². The molecular weight excluding hydrogens is 382 g/mol. The summed E-state index contributed by atoms with van der Waals surface area (Å²) in [6.07, 6.45) is 1.15. The summed E-state index contributed by atoms with van der Waals surface area (Å²) in [6, 6.07) is 19.4. The molecule has 1 amide bonds. The zero-order valence-electron chi connectivity index (χ0n) is 13.7. The van der Waals surface area contributed by atoms with Gasteiger partial charge in [0.05, 0.1) is 10.2 Å². The first kappa shape index (κ1) is 17.2. The van der Waals surface area contributed by atoms with Gasteiger partial charge < -0.3 is 10.1 Å². The van der Waals surface area contributed by atoms with Crippen LogP contribution in [0, 0.1) is 0 Å².